The van der Waals surface area contributed by atoms with Crippen molar-refractivity contribution in [3.63, 3.8) is 0 Å². The largest absolute Gasteiger partial charge is 0.508 e. The van der Waals surface area contributed by atoms with Gasteiger partial charge in [-0.2, -0.15) is 0 Å². The summed E-state index contributed by atoms with van der Waals surface area (Å²) < 4.78 is 0. The SMILES string of the molecule is CC(C(=O)c1ccc(O)cc1O)C1C=CC(O)=C(O)C1. The zero-order chi connectivity index (χ0) is 14.9. The van der Waals surface area contributed by atoms with E-state index in [9.17, 15) is 25.2 Å². The van der Waals surface area contributed by atoms with E-state index in [1.54, 1.807) is 13.0 Å². The van der Waals surface area contributed by atoms with Crippen LogP contribution in [-0.2, 0) is 0 Å². The highest BCUT2D eigenvalue weighted by Crippen LogP contribution is 2.32. The summed E-state index contributed by atoms with van der Waals surface area (Å²) in [5.41, 5.74) is 0.127. The number of phenols is 2. The molecule has 4 N–H and O–H groups in total. The highest BCUT2D eigenvalue weighted by atomic mass is 16.3. The van der Waals surface area contributed by atoms with Crippen LogP contribution in [0.5, 0.6) is 11.5 Å². The molecule has 0 saturated carbocycles. The topological polar surface area (TPSA) is 98.0 Å². The molecule has 2 atom stereocenters. The number of aromatic hydroxyl groups is 2. The molecule has 1 aliphatic carbocycles. The summed E-state index contributed by atoms with van der Waals surface area (Å²) in [6.45, 7) is 1.69. The lowest BCUT2D eigenvalue weighted by molar-refractivity contribution is 0.0894. The van der Waals surface area contributed by atoms with Gasteiger partial charge in [-0.15, -0.1) is 0 Å². The van der Waals surface area contributed by atoms with E-state index in [0.29, 0.717) is 0 Å². The van der Waals surface area contributed by atoms with E-state index in [-0.39, 0.29) is 46.7 Å². The summed E-state index contributed by atoms with van der Waals surface area (Å²) in [6, 6.07) is 3.81. The summed E-state index contributed by atoms with van der Waals surface area (Å²) in [7, 11) is 0. The third-order valence-corrected chi connectivity index (χ3v) is 3.53. The fourth-order valence-corrected chi connectivity index (χ4v) is 2.22. The molecule has 5 nitrogen and oxygen atoms in total. The summed E-state index contributed by atoms with van der Waals surface area (Å²) >= 11 is 0. The Morgan fingerprint density at radius 3 is 2.55 bits per heavy atom. The van der Waals surface area contributed by atoms with Crippen molar-refractivity contribution in [1.29, 1.82) is 0 Å². The van der Waals surface area contributed by atoms with Crippen molar-refractivity contribution < 1.29 is 25.2 Å². The number of aliphatic hydroxyl groups excluding tert-OH is 2. The summed E-state index contributed by atoms with van der Waals surface area (Å²) in [6.07, 6.45) is 3.20. The average Bonchev–Trinajstić information content (AvgIpc) is 2.40. The number of allylic oxidation sites excluding steroid dienone is 3. The van der Waals surface area contributed by atoms with Crippen molar-refractivity contribution in [2.24, 2.45) is 11.8 Å². The zero-order valence-electron chi connectivity index (χ0n) is 10.9. The van der Waals surface area contributed by atoms with Crippen molar-refractivity contribution in [1.82, 2.24) is 0 Å². The molecule has 2 rings (SSSR count). The molecule has 0 radical (unpaired) electrons. The lowest BCUT2D eigenvalue weighted by atomic mass is 9.82. The Labute approximate surface area is 116 Å². The van der Waals surface area contributed by atoms with Gasteiger partial charge in [0.1, 0.15) is 17.3 Å². The van der Waals surface area contributed by atoms with Crippen molar-refractivity contribution in [3.8, 4) is 11.5 Å². The fraction of sp³-hybridized carbons (Fsp3) is 0.267. The Balaban J connectivity index is 2.20. The lowest BCUT2D eigenvalue weighted by Crippen LogP contribution is -2.22. The molecule has 0 fully saturated rings. The fourth-order valence-electron chi connectivity index (χ4n) is 2.22. The van der Waals surface area contributed by atoms with Gasteiger partial charge in [-0.1, -0.05) is 13.0 Å². The zero-order valence-corrected chi connectivity index (χ0v) is 10.9. The van der Waals surface area contributed by atoms with Crippen LogP contribution in [-0.4, -0.2) is 26.2 Å². The molecule has 1 aromatic carbocycles. The molecule has 0 saturated heterocycles. The van der Waals surface area contributed by atoms with Gasteiger partial charge < -0.3 is 20.4 Å². The van der Waals surface area contributed by atoms with Gasteiger partial charge in [0, 0.05) is 18.4 Å². The third-order valence-electron chi connectivity index (χ3n) is 3.53. The molecule has 20 heavy (non-hydrogen) atoms. The predicted molar refractivity (Wildman–Crippen MR) is 72.8 cm³/mol. The Morgan fingerprint density at radius 2 is 1.95 bits per heavy atom. The van der Waals surface area contributed by atoms with Crippen LogP contribution in [0.4, 0.5) is 0 Å². The molecule has 0 bridgehead atoms. The monoisotopic (exact) mass is 276 g/mol. The van der Waals surface area contributed by atoms with Gasteiger partial charge in [-0.25, -0.2) is 0 Å². The number of phenolic OH excluding ortho intramolecular Hbond substituents is 2. The summed E-state index contributed by atoms with van der Waals surface area (Å²) in [4.78, 5) is 12.3. The first kappa shape index (κ1) is 14.0. The molecule has 1 aromatic rings. The Morgan fingerprint density at radius 1 is 1.25 bits per heavy atom. The van der Waals surface area contributed by atoms with E-state index in [4.69, 9.17) is 0 Å². The van der Waals surface area contributed by atoms with E-state index in [1.807, 2.05) is 0 Å². The molecular weight excluding hydrogens is 260 g/mol. The molecule has 5 heteroatoms. The van der Waals surface area contributed by atoms with Crippen LogP contribution < -0.4 is 0 Å². The van der Waals surface area contributed by atoms with Crippen LogP contribution in [0.3, 0.4) is 0 Å². The van der Waals surface area contributed by atoms with Gasteiger partial charge in [0.25, 0.3) is 0 Å². The first-order chi connectivity index (χ1) is 9.40. The van der Waals surface area contributed by atoms with E-state index >= 15 is 0 Å². The van der Waals surface area contributed by atoms with E-state index < -0.39 is 5.92 Å². The highest BCUT2D eigenvalue weighted by Gasteiger charge is 2.28. The molecule has 1 aliphatic rings. The second kappa shape index (κ2) is 5.28. The van der Waals surface area contributed by atoms with Crippen molar-refractivity contribution in [2.45, 2.75) is 13.3 Å². The molecule has 0 heterocycles. The third kappa shape index (κ3) is 2.61. The van der Waals surface area contributed by atoms with E-state index in [1.165, 1.54) is 18.2 Å². The number of benzene rings is 1. The summed E-state index contributed by atoms with van der Waals surface area (Å²) in [5.74, 6) is -1.74. The maximum atomic E-state index is 12.3. The van der Waals surface area contributed by atoms with Crippen molar-refractivity contribution in [3.05, 3.63) is 47.4 Å². The lowest BCUT2D eigenvalue weighted by Gasteiger charge is -2.22. The minimum Gasteiger partial charge on any atom is -0.508 e. The molecular formula is C15H16O5. The van der Waals surface area contributed by atoms with Crippen LogP contribution in [0.2, 0.25) is 0 Å². The van der Waals surface area contributed by atoms with Crippen molar-refractivity contribution >= 4 is 5.78 Å². The highest BCUT2D eigenvalue weighted by molar-refractivity contribution is 6.00. The van der Waals surface area contributed by atoms with Gasteiger partial charge in [-0.3, -0.25) is 4.79 Å². The number of carbonyl (C=O) groups is 1. The second-order valence-electron chi connectivity index (χ2n) is 4.91. The number of hydrogen-bond donors (Lipinski definition) is 4. The van der Waals surface area contributed by atoms with Crippen LogP contribution in [0, 0.1) is 11.8 Å². The maximum Gasteiger partial charge on any atom is 0.169 e. The number of aliphatic hydroxyl groups is 2. The Kier molecular flexibility index (Phi) is 3.70. The minimum absolute atomic E-state index is 0.116. The number of carbonyl (C=O) groups excluding carboxylic acids is 1. The van der Waals surface area contributed by atoms with Crippen molar-refractivity contribution in [2.75, 3.05) is 0 Å². The van der Waals surface area contributed by atoms with Crippen LogP contribution >= 0.6 is 0 Å². The smallest absolute Gasteiger partial charge is 0.169 e. The number of rotatable bonds is 3. The Bertz CT molecular complexity index is 600. The second-order valence-corrected chi connectivity index (χ2v) is 4.91. The first-order valence-electron chi connectivity index (χ1n) is 6.25. The standard InChI is InChI=1S/C15H16O5/c1-8(9-2-5-12(17)14(19)6-9)15(20)11-4-3-10(16)7-13(11)18/h2-5,7-9,16-19H,6H2,1H3. The molecule has 0 aromatic heterocycles. The predicted octanol–water partition coefficient (Wildman–Crippen LogP) is 2.82. The number of ketones is 1. The van der Waals surface area contributed by atoms with Crippen LogP contribution in [0.25, 0.3) is 0 Å². The van der Waals surface area contributed by atoms with E-state index in [0.717, 1.165) is 6.07 Å². The minimum atomic E-state index is -0.475. The first-order valence-corrected chi connectivity index (χ1v) is 6.25. The van der Waals surface area contributed by atoms with Gasteiger partial charge in [0.05, 0.1) is 5.56 Å². The normalized spacial score (nSPS) is 19.9. The molecule has 2 unspecified atom stereocenters. The number of hydrogen-bond acceptors (Lipinski definition) is 5. The molecule has 0 amide bonds. The van der Waals surface area contributed by atoms with Gasteiger partial charge in [-0.05, 0) is 24.1 Å². The summed E-state index contributed by atoms with van der Waals surface area (Å²) in [5, 5.41) is 37.7. The quantitative estimate of drug-likeness (QED) is 0.636. The number of Topliss-reactive ketones (excluding diaryl/α,β-unsaturated/α-hetero) is 1. The molecule has 0 spiro atoms. The average molecular weight is 276 g/mol. The van der Waals surface area contributed by atoms with Gasteiger partial charge >= 0.3 is 0 Å². The van der Waals surface area contributed by atoms with E-state index in [2.05, 4.69) is 0 Å². The molecule has 0 aliphatic heterocycles. The Hall–Kier alpha value is -2.43. The molecule has 106 valence electrons. The van der Waals surface area contributed by atoms with Crippen LogP contribution in [0.1, 0.15) is 23.7 Å². The van der Waals surface area contributed by atoms with Crippen LogP contribution in [0.15, 0.2) is 41.9 Å². The maximum absolute atomic E-state index is 12.3. The van der Waals surface area contributed by atoms with Gasteiger partial charge in [0.15, 0.2) is 11.5 Å². The van der Waals surface area contributed by atoms with Gasteiger partial charge in [0.2, 0.25) is 0 Å².